The minimum atomic E-state index is -0.131. The summed E-state index contributed by atoms with van der Waals surface area (Å²) in [6.07, 6.45) is 2.55. The predicted molar refractivity (Wildman–Crippen MR) is 84.1 cm³/mol. The summed E-state index contributed by atoms with van der Waals surface area (Å²) >= 11 is 3.33. The molecular weight excluding hydrogens is 322 g/mol. The summed E-state index contributed by atoms with van der Waals surface area (Å²) in [6, 6.07) is 1.76. The number of carbonyl (C=O) groups is 1. The average molecular weight is 344 g/mol. The fraction of sp³-hybridized carbons (Fsp3) is 0.571. The molecule has 0 atom stereocenters. The van der Waals surface area contributed by atoms with E-state index >= 15 is 0 Å². The Labute approximate surface area is 128 Å². The van der Waals surface area contributed by atoms with Crippen LogP contribution in [0.15, 0.2) is 16.7 Å². The Morgan fingerprint density at radius 1 is 1.50 bits per heavy atom. The number of nitrogens with zero attached hydrogens (tertiary/aromatic N) is 1. The highest BCUT2D eigenvalue weighted by Gasteiger charge is 2.20. The molecule has 1 rings (SSSR count). The maximum Gasteiger partial charge on any atom is 0.255 e. The zero-order chi connectivity index (χ0) is 15.2. The smallest absolute Gasteiger partial charge is 0.255 e. The number of anilines is 1. The first kappa shape index (κ1) is 16.9. The van der Waals surface area contributed by atoms with E-state index in [2.05, 4.69) is 45.4 Å². The summed E-state index contributed by atoms with van der Waals surface area (Å²) in [6.45, 7) is 5.48. The summed E-state index contributed by atoms with van der Waals surface area (Å²) in [7, 11) is 3.43. The van der Waals surface area contributed by atoms with Crippen molar-refractivity contribution in [1.82, 2.24) is 10.3 Å². The third-order valence-electron chi connectivity index (χ3n) is 3.05. The first-order valence-electron chi connectivity index (χ1n) is 6.50. The van der Waals surface area contributed by atoms with E-state index in [0.29, 0.717) is 24.5 Å². The molecule has 0 radical (unpaired) electrons. The van der Waals surface area contributed by atoms with Crippen LogP contribution in [-0.2, 0) is 4.74 Å². The highest BCUT2D eigenvalue weighted by Crippen LogP contribution is 2.21. The topological polar surface area (TPSA) is 63.2 Å². The van der Waals surface area contributed by atoms with E-state index in [1.807, 2.05) is 0 Å². The molecule has 1 amide bonds. The van der Waals surface area contributed by atoms with Gasteiger partial charge in [0.25, 0.3) is 5.91 Å². The molecule has 1 heterocycles. The summed E-state index contributed by atoms with van der Waals surface area (Å²) < 4.78 is 5.86. The van der Waals surface area contributed by atoms with E-state index in [4.69, 9.17) is 4.74 Å². The van der Waals surface area contributed by atoms with Crippen LogP contribution in [0.2, 0.25) is 0 Å². The van der Waals surface area contributed by atoms with Crippen LogP contribution in [0, 0.1) is 5.41 Å². The van der Waals surface area contributed by atoms with E-state index in [9.17, 15) is 4.79 Å². The SMILES string of the molecule is CNc1ncc(Br)cc1C(=O)NCC(C)(C)CCOC. The summed E-state index contributed by atoms with van der Waals surface area (Å²) in [5.41, 5.74) is 0.523. The molecule has 0 saturated carbocycles. The standard InChI is InChI=1S/C14H22BrN3O2/c1-14(2,5-6-20-4)9-18-13(19)11-7-10(15)8-17-12(11)16-3/h7-8H,5-6,9H2,1-4H3,(H,16,17)(H,18,19). The van der Waals surface area contributed by atoms with Crippen molar-refractivity contribution in [3.8, 4) is 0 Å². The van der Waals surface area contributed by atoms with Crippen LogP contribution in [0.5, 0.6) is 0 Å². The molecule has 0 aliphatic heterocycles. The van der Waals surface area contributed by atoms with Gasteiger partial charge in [0.05, 0.1) is 5.56 Å². The third kappa shape index (κ3) is 5.09. The normalized spacial score (nSPS) is 11.2. The average Bonchev–Trinajstić information content (AvgIpc) is 2.42. The molecular formula is C14H22BrN3O2. The molecule has 112 valence electrons. The van der Waals surface area contributed by atoms with E-state index in [-0.39, 0.29) is 11.3 Å². The first-order valence-corrected chi connectivity index (χ1v) is 7.29. The Balaban J connectivity index is 2.69. The second-order valence-electron chi connectivity index (χ2n) is 5.39. The molecule has 6 heteroatoms. The number of carbonyl (C=O) groups excluding carboxylic acids is 1. The number of pyridine rings is 1. The highest BCUT2D eigenvalue weighted by molar-refractivity contribution is 9.10. The molecule has 1 aromatic rings. The van der Waals surface area contributed by atoms with Gasteiger partial charge in [-0.15, -0.1) is 0 Å². The molecule has 5 nitrogen and oxygen atoms in total. The maximum atomic E-state index is 12.3. The summed E-state index contributed by atoms with van der Waals surface area (Å²) in [4.78, 5) is 16.4. The van der Waals surface area contributed by atoms with Crippen molar-refractivity contribution >= 4 is 27.7 Å². The van der Waals surface area contributed by atoms with Crippen LogP contribution in [0.3, 0.4) is 0 Å². The largest absolute Gasteiger partial charge is 0.385 e. The molecule has 0 fully saturated rings. The number of nitrogens with one attached hydrogen (secondary N) is 2. The van der Waals surface area contributed by atoms with Crippen molar-refractivity contribution in [3.63, 3.8) is 0 Å². The summed E-state index contributed by atoms with van der Waals surface area (Å²) in [5.74, 6) is 0.439. The van der Waals surface area contributed by atoms with Gasteiger partial charge in [0, 0.05) is 38.0 Å². The number of hydrogen-bond acceptors (Lipinski definition) is 4. The van der Waals surface area contributed by atoms with Gasteiger partial charge in [-0.3, -0.25) is 4.79 Å². The number of ether oxygens (including phenoxy) is 1. The molecule has 0 unspecified atom stereocenters. The lowest BCUT2D eigenvalue weighted by Gasteiger charge is -2.24. The first-order chi connectivity index (χ1) is 9.39. The fourth-order valence-corrected chi connectivity index (χ4v) is 2.02. The molecule has 2 N–H and O–H groups in total. The lowest BCUT2D eigenvalue weighted by Crippen LogP contribution is -2.35. The quantitative estimate of drug-likeness (QED) is 0.798. The van der Waals surface area contributed by atoms with Crippen molar-refractivity contribution in [3.05, 3.63) is 22.3 Å². The molecule has 1 aromatic heterocycles. The zero-order valence-electron chi connectivity index (χ0n) is 12.4. The van der Waals surface area contributed by atoms with Gasteiger partial charge in [0.15, 0.2) is 0 Å². The Hall–Kier alpha value is -1.14. The third-order valence-corrected chi connectivity index (χ3v) is 3.48. The lowest BCUT2D eigenvalue weighted by atomic mass is 9.89. The summed E-state index contributed by atoms with van der Waals surface area (Å²) in [5, 5.41) is 5.88. The second-order valence-corrected chi connectivity index (χ2v) is 6.31. The fourth-order valence-electron chi connectivity index (χ4n) is 1.69. The van der Waals surface area contributed by atoms with E-state index in [1.54, 1.807) is 26.4 Å². The van der Waals surface area contributed by atoms with E-state index in [1.165, 1.54) is 0 Å². The molecule has 0 spiro atoms. The van der Waals surface area contributed by atoms with Crippen LogP contribution in [-0.4, -0.2) is 38.2 Å². The Morgan fingerprint density at radius 3 is 2.80 bits per heavy atom. The molecule has 0 aliphatic carbocycles. The van der Waals surface area contributed by atoms with Crippen LogP contribution < -0.4 is 10.6 Å². The van der Waals surface area contributed by atoms with Gasteiger partial charge >= 0.3 is 0 Å². The van der Waals surface area contributed by atoms with Gasteiger partial charge in [-0.25, -0.2) is 4.98 Å². The second kappa shape index (κ2) is 7.59. The number of methoxy groups -OCH3 is 1. The van der Waals surface area contributed by atoms with Crippen molar-refractivity contribution in [2.45, 2.75) is 20.3 Å². The van der Waals surface area contributed by atoms with E-state index < -0.39 is 0 Å². The Bertz CT molecular complexity index is 464. The number of amides is 1. The highest BCUT2D eigenvalue weighted by atomic mass is 79.9. The predicted octanol–water partition coefficient (Wildman–Crippen LogP) is 2.68. The number of rotatable bonds is 7. The number of halogens is 1. The van der Waals surface area contributed by atoms with Crippen LogP contribution in [0.25, 0.3) is 0 Å². The molecule has 20 heavy (non-hydrogen) atoms. The number of hydrogen-bond donors (Lipinski definition) is 2. The Kier molecular flexibility index (Phi) is 6.42. The zero-order valence-corrected chi connectivity index (χ0v) is 14.0. The van der Waals surface area contributed by atoms with Gasteiger partial charge in [-0.2, -0.15) is 0 Å². The number of aromatic nitrogens is 1. The van der Waals surface area contributed by atoms with Crippen LogP contribution in [0.1, 0.15) is 30.6 Å². The molecule has 0 saturated heterocycles. The molecule has 0 aliphatic rings. The van der Waals surface area contributed by atoms with Gasteiger partial charge in [-0.1, -0.05) is 13.8 Å². The maximum absolute atomic E-state index is 12.3. The lowest BCUT2D eigenvalue weighted by molar-refractivity contribution is 0.0921. The minimum Gasteiger partial charge on any atom is -0.385 e. The van der Waals surface area contributed by atoms with Crippen LogP contribution >= 0.6 is 15.9 Å². The van der Waals surface area contributed by atoms with Crippen molar-refractivity contribution < 1.29 is 9.53 Å². The van der Waals surface area contributed by atoms with E-state index in [0.717, 1.165) is 10.9 Å². The van der Waals surface area contributed by atoms with Gasteiger partial charge < -0.3 is 15.4 Å². The van der Waals surface area contributed by atoms with Gasteiger partial charge in [0.2, 0.25) is 0 Å². The van der Waals surface area contributed by atoms with Crippen molar-refractivity contribution in [2.75, 3.05) is 32.6 Å². The molecule has 0 aromatic carbocycles. The van der Waals surface area contributed by atoms with Gasteiger partial charge in [0.1, 0.15) is 5.82 Å². The van der Waals surface area contributed by atoms with Gasteiger partial charge in [-0.05, 0) is 33.8 Å². The Morgan fingerprint density at radius 2 is 2.20 bits per heavy atom. The minimum absolute atomic E-state index is 0.00901. The monoisotopic (exact) mass is 343 g/mol. The van der Waals surface area contributed by atoms with Crippen molar-refractivity contribution in [2.24, 2.45) is 5.41 Å². The molecule has 0 bridgehead atoms. The van der Waals surface area contributed by atoms with Crippen LogP contribution in [0.4, 0.5) is 5.82 Å². The van der Waals surface area contributed by atoms with Crippen molar-refractivity contribution in [1.29, 1.82) is 0 Å².